The van der Waals surface area contributed by atoms with E-state index in [1.54, 1.807) is 24.5 Å². The van der Waals surface area contributed by atoms with E-state index < -0.39 is 0 Å². The lowest BCUT2D eigenvalue weighted by molar-refractivity contribution is -0.135. The molecule has 2 aromatic rings. The Labute approximate surface area is 176 Å². The number of hydrogen-bond acceptors (Lipinski definition) is 4. The maximum Gasteiger partial charge on any atom is 0.226 e. The summed E-state index contributed by atoms with van der Waals surface area (Å²) in [6, 6.07) is 13.5. The number of nitrogens with one attached hydrogen (secondary N) is 2. The second-order valence-electron chi connectivity index (χ2n) is 7.47. The predicted molar refractivity (Wildman–Crippen MR) is 115 cm³/mol. The summed E-state index contributed by atoms with van der Waals surface area (Å²) in [7, 11) is 0. The zero-order valence-corrected chi connectivity index (χ0v) is 17.0. The zero-order chi connectivity index (χ0) is 21.2. The molecule has 1 aromatic heterocycles. The van der Waals surface area contributed by atoms with E-state index in [1.165, 1.54) is 0 Å². The molecule has 30 heavy (non-hydrogen) atoms. The lowest BCUT2D eigenvalue weighted by Crippen LogP contribution is -2.43. The average molecular weight is 409 g/mol. The van der Waals surface area contributed by atoms with Gasteiger partial charge in [-0.05, 0) is 37.0 Å². The van der Waals surface area contributed by atoms with Gasteiger partial charge in [-0.25, -0.2) is 0 Å². The van der Waals surface area contributed by atoms with E-state index in [9.17, 15) is 14.4 Å². The normalized spacial score (nSPS) is 14.2. The minimum atomic E-state index is -0.165. The number of pyridine rings is 1. The maximum atomic E-state index is 12.4. The molecule has 0 atom stereocenters. The van der Waals surface area contributed by atoms with E-state index in [0.29, 0.717) is 44.6 Å². The number of aromatic nitrogens is 1. The molecule has 0 spiro atoms. The molecular formula is C23H28N4O3. The Morgan fingerprint density at radius 2 is 1.77 bits per heavy atom. The number of aryl methyl sites for hydroxylation is 1. The number of likely N-dealkylation sites (tertiary alicyclic amines) is 1. The summed E-state index contributed by atoms with van der Waals surface area (Å²) in [6.07, 6.45) is 5.96. The standard InChI is InChI=1S/C23H28N4O3/c28-21(26-20-7-4-13-24-17-20)10-14-25-23(30)19-11-15-27(16-12-19)22(29)9-8-18-5-2-1-3-6-18/h1-7,13,17,19H,8-12,14-16H2,(H,25,30)(H,26,28). The maximum absolute atomic E-state index is 12.4. The lowest BCUT2D eigenvalue weighted by atomic mass is 9.95. The molecule has 0 saturated carbocycles. The van der Waals surface area contributed by atoms with E-state index in [2.05, 4.69) is 15.6 Å². The van der Waals surface area contributed by atoms with Crippen molar-refractivity contribution in [1.29, 1.82) is 0 Å². The van der Waals surface area contributed by atoms with Crippen molar-refractivity contribution in [2.45, 2.75) is 32.1 Å². The third kappa shape index (κ3) is 6.69. The molecule has 1 saturated heterocycles. The number of piperidine rings is 1. The first-order valence-corrected chi connectivity index (χ1v) is 10.4. The molecule has 3 amide bonds. The summed E-state index contributed by atoms with van der Waals surface area (Å²) >= 11 is 0. The molecule has 1 fully saturated rings. The first-order valence-electron chi connectivity index (χ1n) is 10.4. The van der Waals surface area contributed by atoms with Gasteiger partial charge in [0.2, 0.25) is 17.7 Å². The summed E-state index contributed by atoms with van der Waals surface area (Å²) in [4.78, 5) is 42.5. The van der Waals surface area contributed by atoms with Crippen molar-refractivity contribution in [1.82, 2.24) is 15.2 Å². The number of anilines is 1. The van der Waals surface area contributed by atoms with Gasteiger partial charge >= 0.3 is 0 Å². The Hall–Kier alpha value is -3.22. The molecule has 7 heteroatoms. The fraction of sp³-hybridized carbons (Fsp3) is 0.391. The van der Waals surface area contributed by atoms with Crippen molar-refractivity contribution in [2.24, 2.45) is 5.92 Å². The van der Waals surface area contributed by atoms with Crippen LogP contribution in [0.3, 0.4) is 0 Å². The number of benzene rings is 1. The van der Waals surface area contributed by atoms with Crippen LogP contribution in [0.5, 0.6) is 0 Å². The third-order valence-electron chi connectivity index (χ3n) is 5.29. The number of amides is 3. The molecule has 0 bridgehead atoms. The fourth-order valence-electron chi connectivity index (χ4n) is 3.55. The molecule has 158 valence electrons. The van der Waals surface area contributed by atoms with Crippen molar-refractivity contribution in [3.63, 3.8) is 0 Å². The lowest BCUT2D eigenvalue weighted by Gasteiger charge is -2.31. The van der Waals surface area contributed by atoms with Gasteiger partial charge in [0, 0.05) is 44.6 Å². The highest BCUT2D eigenvalue weighted by Crippen LogP contribution is 2.18. The third-order valence-corrected chi connectivity index (χ3v) is 5.29. The molecule has 1 aliphatic rings. The first kappa shape index (κ1) is 21.5. The highest BCUT2D eigenvalue weighted by atomic mass is 16.2. The second-order valence-corrected chi connectivity index (χ2v) is 7.47. The van der Waals surface area contributed by atoms with Crippen LogP contribution in [-0.4, -0.2) is 47.2 Å². The number of carbonyl (C=O) groups excluding carboxylic acids is 3. The molecular weight excluding hydrogens is 380 g/mol. The van der Waals surface area contributed by atoms with Crippen LogP contribution in [0.25, 0.3) is 0 Å². The zero-order valence-electron chi connectivity index (χ0n) is 17.0. The van der Waals surface area contributed by atoms with Crippen LogP contribution in [0.1, 0.15) is 31.2 Å². The van der Waals surface area contributed by atoms with Crippen LogP contribution in [-0.2, 0) is 20.8 Å². The Balaban J connectivity index is 1.31. The van der Waals surface area contributed by atoms with Crippen LogP contribution < -0.4 is 10.6 Å². The second kappa shape index (κ2) is 11.1. The van der Waals surface area contributed by atoms with Crippen LogP contribution in [0.4, 0.5) is 5.69 Å². The Kier molecular flexibility index (Phi) is 7.94. The van der Waals surface area contributed by atoms with Crippen molar-refractivity contribution in [3.05, 3.63) is 60.4 Å². The van der Waals surface area contributed by atoms with Gasteiger partial charge in [-0.3, -0.25) is 19.4 Å². The Bertz CT molecular complexity index is 834. The van der Waals surface area contributed by atoms with E-state index in [-0.39, 0.29) is 30.1 Å². The summed E-state index contributed by atoms with van der Waals surface area (Å²) in [5, 5.41) is 5.58. The van der Waals surface area contributed by atoms with Gasteiger partial charge in [-0.1, -0.05) is 30.3 Å². The highest BCUT2D eigenvalue weighted by molar-refractivity contribution is 5.91. The molecule has 0 radical (unpaired) electrons. The first-order chi connectivity index (χ1) is 14.6. The smallest absolute Gasteiger partial charge is 0.226 e. The van der Waals surface area contributed by atoms with E-state index >= 15 is 0 Å². The van der Waals surface area contributed by atoms with Crippen molar-refractivity contribution < 1.29 is 14.4 Å². The molecule has 1 aliphatic heterocycles. The molecule has 3 rings (SSSR count). The van der Waals surface area contributed by atoms with Crippen molar-refractivity contribution in [3.8, 4) is 0 Å². The van der Waals surface area contributed by atoms with Crippen LogP contribution >= 0.6 is 0 Å². The van der Waals surface area contributed by atoms with Gasteiger partial charge < -0.3 is 15.5 Å². The van der Waals surface area contributed by atoms with Crippen LogP contribution in [0, 0.1) is 5.92 Å². The van der Waals surface area contributed by atoms with Gasteiger partial charge in [0.05, 0.1) is 11.9 Å². The van der Waals surface area contributed by atoms with Gasteiger partial charge in [0.15, 0.2) is 0 Å². The molecule has 7 nitrogen and oxygen atoms in total. The molecule has 2 heterocycles. The summed E-state index contributed by atoms with van der Waals surface area (Å²) in [5.41, 5.74) is 1.80. The number of nitrogens with zero attached hydrogens (tertiary/aromatic N) is 2. The van der Waals surface area contributed by atoms with E-state index in [1.807, 2.05) is 35.2 Å². The minimum absolute atomic E-state index is 0.0411. The molecule has 0 aliphatic carbocycles. The molecule has 1 aromatic carbocycles. The van der Waals surface area contributed by atoms with Crippen LogP contribution in [0.2, 0.25) is 0 Å². The fourth-order valence-corrected chi connectivity index (χ4v) is 3.55. The average Bonchev–Trinajstić information content (AvgIpc) is 2.79. The highest BCUT2D eigenvalue weighted by Gasteiger charge is 2.27. The summed E-state index contributed by atoms with van der Waals surface area (Å²) < 4.78 is 0. The quantitative estimate of drug-likeness (QED) is 0.702. The number of rotatable bonds is 8. The topological polar surface area (TPSA) is 91.4 Å². The Morgan fingerprint density at radius 3 is 2.47 bits per heavy atom. The largest absolute Gasteiger partial charge is 0.355 e. The minimum Gasteiger partial charge on any atom is -0.355 e. The van der Waals surface area contributed by atoms with Gasteiger partial charge in [0.25, 0.3) is 0 Å². The van der Waals surface area contributed by atoms with Crippen molar-refractivity contribution >= 4 is 23.4 Å². The molecule has 2 N–H and O–H groups in total. The monoisotopic (exact) mass is 408 g/mol. The van der Waals surface area contributed by atoms with Crippen molar-refractivity contribution in [2.75, 3.05) is 25.0 Å². The van der Waals surface area contributed by atoms with E-state index in [4.69, 9.17) is 0 Å². The molecule has 0 unspecified atom stereocenters. The summed E-state index contributed by atoms with van der Waals surface area (Å²) in [6.45, 7) is 1.50. The summed E-state index contributed by atoms with van der Waals surface area (Å²) in [5.74, 6) is -0.169. The predicted octanol–water partition coefficient (Wildman–Crippen LogP) is 2.40. The van der Waals surface area contributed by atoms with E-state index in [0.717, 1.165) is 12.0 Å². The van der Waals surface area contributed by atoms with Gasteiger partial charge in [-0.15, -0.1) is 0 Å². The number of carbonyl (C=O) groups is 3. The van der Waals surface area contributed by atoms with Gasteiger partial charge in [0.1, 0.15) is 0 Å². The Morgan fingerprint density at radius 1 is 1.00 bits per heavy atom. The van der Waals surface area contributed by atoms with Crippen LogP contribution in [0.15, 0.2) is 54.9 Å². The number of hydrogen-bond donors (Lipinski definition) is 2. The SMILES string of the molecule is O=C(CCNC(=O)C1CCN(C(=O)CCc2ccccc2)CC1)Nc1cccnc1. The van der Waals surface area contributed by atoms with Gasteiger partial charge in [-0.2, -0.15) is 0 Å².